The number of phenols is 1. The van der Waals surface area contributed by atoms with Crippen LogP contribution < -0.4 is 10.1 Å². The number of rotatable bonds is 6. The molecule has 2 aromatic rings. The minimum Gasteiger partial charge on any atom is -0.504 e. The van der Waals surface area contributed by atoms with Crippen molar-refractivity contribution in [3.63, 3.8) is 0 Å². The first-order chi connectivity index (χ1) is 9.22. The summed E-state index contributed by atoms with van der Waals surface area (Å²) in [7, 11) is 0. The molecule has 0 fully saturated rings. The van der Waals surface area contributed by atoms with E-state index in [9.17, 15) is 5.11 Å². The number of para-hydroxylation sites is 1. The maximum atomic E-state index is 10.1. The Labute approximate surface area is 117 Å². The van der Waals surface area contributed by atoms with Crippen molar-refractivity contribution < 1.29 is 9.84 Å². The van der Waals surface area contributed by atoms with Crippen LogP contribution in [0, 0.1) is 0 Å². The topological polar surface area (TPSA) is 41.5 Å². The minimum atomic E-state index is 0.232. The largest absolute Gasteiger partial charge is 0.504 e. The Hall–Kier alpha value is -1.52. The summed E-state index contributed by atoms with van der Waals surface area (Å²) in [6, 6.07) is 10.0. The van der Waals surface area contributed by atoms with E-state index in [0.717, 1.165) is 5.56 Å². The number of hydrogen-bond acceptors (Lipinski definition) is 4. The molecule has 0 saturated carbocycles. The summed E-state index contributed by atoms with van der Waals surface area (Å²) in [5, 5.41) is 15.6. The molecule has 0 aliphatic heterocycles. The molecular formula is C15H19NO2S. The predicted molar refractivity (Wildman–Crippen MR) is 78.8 cm³/mol. The Morgan fingerprint density at radius 1 is 1.32 bits per heavy atom. The fourth-order valence-electron chi connectivity index (χ4n) is 1.88. The molecule has 3 nitrogen and oxygen atoms in total. The van der Waals surface area contributed by atoms with Crippen LogP contribution in [0.25, 0.3) is 0 Å². The summed E-state index contributed by atoms with van der Waals surface area (Å²) in [5.74, 6) is 0.779. The summed E-state index contributed by atoms with van der Waals surface area (Å²) in [5.41, 5.74) is 0.856. The van der Waals surface area contributed by atoms with Crippen molar-refractivity contribution in [3.05, 3.63) is 46.2 Å². The van der Waals surface area contributed by atoms with Gasteiger partial charge in [0.2, 0.25) is 0 Å². The van der Waals surface area contributed by atoms with Gasteiger partial charge in [-0.2, -0.15) is 0 Å². The lowest BCUT2D eigenvalue weighted by Gasteiger charge is -2.14. The van der Waals surface area contributed by atoms with Crippen LogP contribution in [0.4, 0.5) is 0 Å². The van der Waals surface area contributed by atoms with E-state index in [1.807, 2.05) is 25.1 Å². The highest BCUT2D eigenvalue weighted by atomic mass is 32.1. The van der Waals surface area contributed by atoms with E-state index in [1.54, 1.807) is 17.4 Å². The molecule has 1 aromatic heterocycles. The van der Waals surface area contributed by atoms with Crippen molar-refractivity contribution in [2.24, 2.45) is 0 Å². The Morgan fingerprint density at radius 3 is 2.84 bits per heavy atom. The van der Waals surface area contributed by atoms with E-state index in [4.69, 9.17) is 4.74 Å². The highest BCUT2D eigenvalue weighted by Gasteiger charge is 2.10. The van der Waals surface area contributed by atoms with Crippen molar-refractivity contribution in [1.82, 2.24) is 5.32 Å². The maximum absolute atomic E-state index is 10.1. The smallest absolute Gasteiger partial charge is 0.162 e. The van der Waals surface area contributed by atoms with Crippen LogP contribution in [0.1, 0.15) is 30.3 Å². The van der Waals surface area contributed by atoms with Crippen LogP contribution in [-0.2, 0) is 6.54 Å². The highest BCUT2D eigenvalue weighted by Crippen LogP contribution is 2.30. The van der Waals surface area contributed by atoms with Crippen LogP contribution in [0.2, 0.25) is 0 Å². The van der Waals surface area contributed by atoms with Gasteiger partial charge in [-0.15, -0.1) is 11.3 Å². The molecule has 2 rings (SSSR count). The zero-order valence-corrected chi connectivity index (χ0v) is 12.0. The number of phenolic OH excluding ortho intramolecular Hbond substituents is 1. The first-order valence-corrected chi connectivity index (χ1v) is 7.30. The van der Waals surface area contributed by atoms with E-state index in [1.165, 1.54) is 4.88 Å². The second-order valence-electron chi connectivity index (χ2n) is 4.31. The average Bonchev–Trinajstić information content (AvgIpc) is 2.94. The van der Waals surface area contributed by atoms with Crippen LogP contribution >= 0.6 is 11.3 Å². The van der Waals surface area contributed by atoms with Crippen molar-refractivity contribution in [2.75, 3.05) is 6.61 Å². The Balaban J connectivity index is 2.01. The Bertz CT molecular complexity index is 511. The second-order valence-corrected chi connectivity index (χ2v) is 5.29. The minimum absolute atomic E-state index is 0.232. The SMILES string of the molecule is CCOc1cccc(CN[C@H](C)c2cccs2)c1O. The summed E-state index contributed by atoms with van der Waals surface area (Å²) in [6.07, 6.45) is 0. The lowest BCUT2D eigenvalue weighted by molar-refractivity contribution is 0.316. The highest BCUT2D eigenvalue weighted by molar-refractivity contribution is 7.10. The molecule has 0 amide bonds. The van der Waals surface area contributed by atoms with Gasteiger partial charge in [0.05, 0.1) is 6.61 Å². The lowest BCUT2D eigenvalue weighted by Crippen LogP contribution is -2.17. The summed E-state index contributed by atoms with van der Waals surface area (Å²) in [6.45, 7) is 5.19. The maximum Gasteiger partial charge on any atom is 0.162 e. The summed E-state index contributed by atoms with van der Waals surface area (Å²) < 4.78 is 5.38. The molecule has 0 spiro atoms. The fourth-order valence-corrected chi connectivity index (χ4v) is 2.64. The zero-order valence-electron chi connectivity index (χ0n) is 11.2. The van der Waals surface area contributed by atoms with E-state index in [0.29, 0.717) is 18.9 Å². The van der Waals surface area contributed by atoms with Gasteiger partial charge >= 0.3 is 0 Å². The van der Waals surface area contributed by atoms with Crippen molar-refractivity contribution in [3.8, 4) is 11.5 Å². The first-order valence-electron chi connectivity index (χ1n) is 6.42. The molecule has 0 bridgehead atoms. The molecule has 1 aromatic carbocycles. The van der Waals surface area contributed by atoms with Crippen LogP contribution in [0.15, 0.2) is 35.7 Å². The third kappa shape index (κ3) is 3.49. The van der Waals surface area contributed by atoms with Gasteiger partial charge in [-0.25, -0.2) is 0 Å². The number of ether oxygens (including phenoxy) is 1. The third-order valence-corrected chi connectivity index (χ3v) is 4.01. The van der Waals surface area contributed by atoms with Gasteiger partial charge in [0.15, 0.2) is 11.5 Å². The van der Waals surface area contributed by atoms with Gasteiger partial charge in [0.1, 0.15) is 0 Å². The fraction of sp³-hybridized carbons (Fsp3) is 0.333. The van der Waals surface area contributed by atoms with Gasteiger partial charge in [0, 0.05) is 23.0 Å². The average molecular weight is 277 g/mol. The van der Waals surface area contributed by atoms with Gasteiger partial charge in [-0.1, -0.05) is 18.2 Å². The summed E-state index contributed by atoms with van der Waals surface area (Å²) >= 11 is 1.73. The first kappa shape index (κ1) is 13.9. The Morgan fingerprint density at radius 2 is 2.16 bits per heavy atom. The number of benzene rings is 1. The molecule has 0 aliphatic rings. The third-order valence-electron chi connectivity index (χ3n) is 2.95. The molecule has 0 unspecified atom stereocenters. The van der Waals surface area contributed by atoms with Gasteiger partial charge < -0.3 is 15.2 Å². The molecule has 4 heteroatoms. The molecule has 1 atom stereocenters. The second kappa shape index (κ2) is 6.59. The molecule has 102 valence electrons. The number of nitrogens with one attached hydrogen (secondary N) is 1. The van der Waals surface area contributed by atoms with Crippen molar-refractivity contribution in [2.45, 2.75) is 26.4 Å². The van der Waals surface area contributed by atoms with Crippen molar-refractivity contribution in [1.29, 1.82) is 0 Å². The van der Waals surface area contributed by atoms with Gasteiger partial charge in [-0.3, -0.25) is 0 Å². The standard InChI is InChI=1S/C15H19NO2S/c1-3-18-13-7-4-6-12(15(13)17)10-16-11(2)14-8-5-9-19-14/h4-9,11,16-17H,3,10H2,1-2H3/t11-/m1/s1. The zero-order chi connectivity index (χ0) is 13.7. The van der Waals surface area contributed by atoms with Crippen LogP contribution in [0.5, 0.6) is 11.5 Å². The van der Waals surface area contributed by atoms with Crippen molar-refractivity contribution >= 4 is 11.3 Å². The molecule has 2 N–H and O–H groups in total. The molecular weight excluding hydrogens is 258 g/mol. The van der Waals surface area contributed by atoms with E-state index in [2.05, 4.69) is 23.7 Å². The van der Waals surface area contributed by atoms with Crippen LogP contribution in [-0.4, -0.2) is 11.7 Å². The molecule has 0 aliphatic carbocycles. The molecule has 19 heavy (non-hydrogen) atoms. The lowest BCUT2D eigenvalue weighted by atomic mass is 10.1. The quantitative estimate of drug-likeness (QED) is 0.846. The van der Waals surface area contributed by atoms with E-state index in [-0.39, 0.29) is 11.8 Å². The number of thiophene rings is 1. The summed E-state index contributed by atoms with van der Waals surface area (Å²) in [4.78, 5) is 1.29. The van der Waals surface area contributed by atoms with E-state index < -0.39 is 0 Å². The normalized spacial score (nSPS) is 12.3. The molecule has 0 saturated heterocycles. The number of aromatic hydroxyl groups is 1. The Kier molecular flexibility index (Phi) is 4.82. The van der Waals surface area contributed by atoms with Crippen LogP contribution in [0.3, 0.4) is 0 Å². The molecule has 1 heterocycles. The number of hydrogen-bond donors (Lipinski definition) is 2. The monoisotopic (exact) mass is 277 g/mol. The van der Waals surface area contributed by atoms with Gasteiger partial charge in [-0.05, 0) is 31.4 Å². The predicted octanol–water partition coefficient (Wildman–Crippen LogP) is 3.70. The van der Waals surface area contributed by atoms with Gasteiger partial charge in [0.25, 0.3) is 0 Å². The molecule has 0 radical (unpaired) electrons. The van der Waals surface area contributed by atoms with E-state index >= 15 is 0 Å².